The fraction of sp³-hybridized carbons (Fsp3) is 0.368. The highest BCUT2D eigenvalue weighted by molar-refractivity contribution is 7.13. The van der Waals surface area contributed by atoms with E-state index in [0.29, 0.717) is 36.5 Å². The highest BCUT2D eigenvalue weighted by Gasteiger charge is 2.32. The molecule has 8 heteroatoms. The van der Waals surface area contributed by atoms with Crippen LogP contribution in [0.4, 0.5) is 18.9 Å². The van der Waals surface area contributed by atoms with Crippen LogP contribution in [0.1, 0.15) is 38.5 Å². The van der Waals surface area contributed by atoms with E-state index in [9.17, 15) is 23.2 Å². The van der Waals surface area contributed by atoms with Gasteiger partial charge in [0.1, 0.15) is 6.07 Å². The maximum absolute atomic E-state index is 12.8. The number of piperidine rings is 1. The van der Waals surface area contributed by atoms with Gasteiger partial charge in [-0.2, -0.15) is 18.4 Å². The maximum Gasteiger partial charge on any atom is 0.416 e. The van der Waals surface area contributed by atoms with Crippen molar-refractivity contribution in [3.63, 3.8) is 0 Å². The Labute approximate surface area is 159 Å². The van der Waals surface area contributed by atoms with E-state index in [-0.39, 0.29) is 17.5 Å². The number of alkyl halides is 3. The third kappa shape index (κ3) is 4.42. The Bertz CT molecular complexity index is 877. The zero-order chi connectivity index (χ0) is 19.6. The fourth-order valence-corrected chi connectivity index (χ4v) is 3.93. The molecule has 0 unspecified atom stereocenters. The summed E-state index contributed by atoms with van der Waals surface area (Å²) in [4.78, 5) is 15.9. The summed E-state index contributed by atoms with van der Waals surface area (Å²) in [7, 11) is 0. The molecule has 0 bridgehead atoms. The SMILES string of the molecule is Cc1ccc(C(=O)NC2CCN(c3ccc(C(F)(F)F)cc3C#N)CC2)s1. The number of rotatable bonds is 3. The van der Waals surface area contributed by atoms with E-state index in [1.54, 1.807) is 6.07 Å². The molecule has 3 rings (SSSR count). The number of hydrogen-bond acceptors (Lipinski definition) is 4. The summed E-state index contributed by atoms with van der Waals surface area (Å²) < 4.78 is 38.5. The normalized spacial score (nSPS) is 15.4. The molecule has 0 aliphatic carbocycles. The molecule has 1 amide bonds. The van der Waals surface area contributed by atoms with Crippen molar-refractivity contribution in [1.29, 1.82) is 5.26 Å². The molecular weight excluding hydrogens is 375 g/mol. The number of benzene rings is 1. The van der Waals surface area contributed by atoms with Crippen LogP contribution in [0.25, 0.3) is 0 Å². The van der Waals surface area contributed by atoms with Gasteiger partial charge in [-0.3, -0.25) is 4.79 Å². The number of aryl methyl sites for hydroxylation is 1. The number of amides is 1. The van der Waals surface area contributed by atoms with Crippen LogP contribution in [0.5, 0.6) is 0 Å². The zero-order valence-electron chi connectivity index (χ0n) is 14.6. The molecule has 1 aromatic heterocycles. The summed E-state index contributed by atoms with van der Waals surface area (Å²) in [5, 5.41) is 12.2. The van der Waals surface area contributed by atoms with Gasteiger partial charge in [-0.25, -0.2) is 0 Å². The molecule has 0 atom stereocenters. The van der Waals surface area contributed by atoms with Gasteiger partial charge in [0, 0.05) is 24.0 Å². The molecule has 142 valence electrons. The lowest BCUT2D eigenvalue weighted by molar-refractivity contribution is -0.137. The first kappa shape index (κ1) is 19.2. The van der Waals surface area contributed by atoms with Crippen LogP contribution in [0, 0.1) is 18.3 Å². The number of nitrogens with one attached hydrogen (secondary N) is 1. The predicted molar refractivity (Wildman–Crippen MR) is 97.9 cm³/mol. The minimum absolute atomic E-state index is 0.0103. The molecule has 1 N–H and O–H groups in total. The minimum atomic E-state index is -4.47. The third-order valence-corrected chi connectivity index (χ3v) is 5.58. The van der Waals surface area contributed by atoms with Gasteiger partial charge in [0.2, 0.25) is 0 Å². The third-order valence-electron chi connectivity index (χ3n) is 4.58. The highest BCUT2D eigenvalue weighted by Crippen LogP contribution is 2.33. The molecule has 1 aromatic carbocycles. The lowest BCUT2D eigenvalue weighted by Gasteiger charge is -2.34. The molecule has 1 saturated heterocycles. The van der Waals surface area contributed by atoms with Crippen LogP contribution in [0.3, 0.4) is 0 Å². The summed E-state index contributed by atoms with van der Waals surface area (Å²) in [5.74, 6) is -0.0983. The maximum atomic E-state index is 12.8. The summed E-state index contributed by atoms with van der Waals surface area (Å²) in [6, 6.07) is 8.82. The average Bonchev–Trinajstić information content (AvgIpc) is 3.07. The number of nitriles is 1. The number of nitrogens with zero attached hydrogens (tertiary/aromatic N) is 2. The van der Waals surface area contributed by atoms with Crippen LogP contribution in [0.2, 0.25) is 0 Å². The van der Waals surface area contributed by atoms with Gasteiger partial charge in [-0.15, -0.1) is 11.3 Å². The first-order valence-corrected chi connectivity index (χ1v) is 9.33. The second-order valence-electron chi connectivity index (χ2n) is 6.49. The second kappa shape index (κ2) is 7.61. The Kier molecular flexibility index (Phi) is 5.42. The largest absolute Gasteiger partial charge is 0.416 e. The summed E-state index contributed by atoms with van der Waals surface area (Å²) in [6.07, 6.45) is -3.13. The van der Waals surface area contributed by atoms with Gasteiger partial charge >= 0.3 is 6.18 Å². The van der Waals surface area contributed by atoms with Crippen molar-refractivity contribution in [3.8, 4) is 6.07 Å². The molecule has 4 nitrogen and oxygen atoms in total. The molecule has 1 aliphatic heterocycles. The first-order valence-electron chi connectivity index (χ1n) is 8.51. The van der Waals surface area contributed by atoms with Crippen molar-refractivity contribution < 1.29 is 18.0 Å². The van der Waals surface area contributed by atoms with Crippen molar-refractivity contribution in [2.45, 2.75) is 32.0 Å². The Morgan fingerprint density at radius 3 is 2.52 bits per heavy atom. The van der Waals surface area contributed by atoms with Crippen molar-refractivity contribution in [2.24, 2.45) is 0 Å². The average molecular weight is 393 g/mol. The predicted octanol–water partition coefficient (Wildman–Crippen LogP) is 4.35. The summed E-state index contributed by atoms with van der Waals surface area (Å²) in [6.45, 7) is 3.07. The van der Waals surface area contributed by atoms with Crippen molar-refractivity contribution in [1.82, 2.24) is 5.32 Å². The number of thiophene rings is 1. The Hall–Kier alpha value is -2.53. The second-order valence-corrected chi connectivity index (χ2v) is 7.77. The Morgan fingerprint density at radius 2 is 1.96 bits per heavy atom. The highest BCUT2D eigenvalue weighted by atomic mass is 32.1. The van der Waals surface area contributed by atoms with Crippen molar-refractivity contribution in [2.75, 3.05) is 18.0 Å². The van der Waals surface area contributed by atoms with Crippen LogP contribution in [0.15, 0.2) is 30.3 Å². The van der Waals surface area contributed by atoms with Crippen molar-refractivity contribution >= 4 is 22.9 Å². The van der Waals surface area contributed by atoms with Crippen LogP contribution in [-0.2, 0) is 6.18 Å². The van der Waals surface area contributed by atoms with Crippen LogP contribution < -0.4 is 10.2 Å². The number of carbonyl (C=O) groups excluding carboxylic acids is 1. The van der Waals surface area contributed by atoms with Gasteiger partial charge in [-0.1, -0.05) is 0 Å². The monoisotopic (exact) mass is 393 g/mol. The summed E-state index contributed by atoms with van der Waals surface area (Å²) in [5.41, 5.74) is -0.304. The zero-order valence-corrected chi connectivity index (χ0v) is 15.5. The molecule has 0 radical (unpaired) electrons. The van der Waals surface area contributed by atoms with Gasteiger partial charge in [-0.05, 0) is 50.1 Å². The lowest BCUT2D eigenvalue weighted by Crippen LogP contribution is -2.44. The molecule has 1 fully saturated rings. The van der Waals surface area contributed by atoms with Crippen LogP contribution in [-0.4, -0.2) is 25.0 Å². The smallest absolute Gasteiger partial charge is 0.370 e. The number of hydrogen-bond donors (Lipinski definition) is 1. The van der Waals surface area contributed by atoms with E-state index in [1.807, 2.05) is 24.0 Å². The molecular formula is C19H18F3N3OS. The van der Waals surface area contributed by atoms with E-state index < -0.39 is 11.7 Å². The van der Waals surface area contributed by atoms with E-state index >= 15 is 0 Å². The number of carbonyl (C=O) groups is 1. The van der Waals surface area contributed by atoms with Gasteiger partial charge in [0.05, 0.1) is 21.7 Å². The van der Waals surface area contributed by atoms with E-state index in [1.165, 1.54) is 17.4 Å². The topological polar surface area (TPSA) is 56.1 Å². The number of anilines is 1. The Balaban J connectivity index is 1.64. The minimum Gasteiger partial charge on any atom is -0.370 e. The van der Waals surface area contributed by atoms with Gasteiger partial charge in [0.25, 0.3) is 5.91 Å². The van der Waals surface area contributed by atoms with E-state index in [4.69, 9.17) is 0 Å². The lowest BCUT2D eigenvalue weighted by atomic mass is 10.0. The molecule has 2 aromatic rings. The number of halogens is 3. The van der Waals surface area contributed by atoms with Gasteiger partial charge < -0.3 is 10.2 Å². The van der Waals surface area contributed by atoms with Gasteiger partial charge in [0.15, 0.2) is 0 Å². The molecule has 2 heterocycles. The quantitative estimate of drug-likeness (QED) is 0.844. The molecule has 27 heavy (non-hydrogen) atoms. The summed E-state index contributed by atoms with van der Waals surface area (Å²) >= 11 is 1.44. The first-order chi connectivity index (χ1) is 12.8. The van der Waals surface area contributed by atoms with Crippen LogP contribution >= 0.6 is 11.3 Å². The standard InChI is InChI=1S/C19H18F3N3OS/c1-12-2-5-17(27-12)18(26)24-15-6-8-25(9-7-15)16-4-3-14(19(20,21)22)10-13(16)11-23/h2-5,10,15H,6-9H2,1H3,(H,24,26). The van der Waals surface area contributed by atoms with E-state index in [0.717, 1.165) is 17.0 Å². The fourth-order valence-electron chi connectivity index (χ4n) is 3.16. The molecule has 0 saturated carbocycles. The molecule has 1 aliphatic rings. The van der Waals surface area contributed by atoms with E-state index in [2.05, 4.69) is 5.32 Å². The van der Waals surface area contributed by atoms with Crippen molar-refractivity contribution in [3.05, 3.63) is 51.2 Å². The molecule has 0 spiro atoms. The Morgan fingerprint density at radius 1 is 1.26 bits per heavy atom.